The maximum absolute atomic E-state index is 6.15. The van der Waals surface area contributed by atoms with E-state index in [9.17, 15) is 0 Å². The lowest BCUT2D eigenvalue weighted by Crippen LogP contribution is -1.82. The highest BCUT2D eigenvalue weighted by Crippen LogP contribution is 2.27. The second kappa shape index (κ2) is 4.55. The van der Waals surface area contributed by atoms with Crippen molar-refractivity contribution in [2.45, 2.75) is 13.8 Å². The average Bonchev–Trinajstić information content (AvgIpc) is 2.76. The molecule has 0 saturated heterocycles. The number of hydrogen-bond acceptors (Lipinski definition) is 1. The van der Waals surface area contributed by atoms with Crippen molar-refractivity contribution in [1.29, 1.82) is 0 Å². The molecule has 0 aliphatic carbocycles. The van der Waals surface area contributed by atoms with Gasteiger partial charge in [0.25, 0.3) is 0 Å². The summed E-state index contributed by atoms with van der Waals surface area (Å²) in [7, 11) is 0. The van der Waals surface area contributed by atoms with E-state index in [1.165, 1.54) is 0 Å². The van der Waals surface area contributed by atoms with Crippen molar-refractivity contribution in [2.75, 3.05) is 0 Å². The number of aryl methyl sites for hydroxylation is 2. The highest BCUT2D eigenvalue weighted by molar-refractivity contribution is 6.32. The third-order valence-corrected chi connectivity index (χ3v) is 4.02. The van der Waals surface area contributed by atoms with Gasteiger partial charge in [0.15, 0.2) is 0 Å². The molecule has 0 radical (unpaired) electrons. The molecule has 0 saturated carbocycles. The molecule has 1 aromatic heterocycles. The first-order chi connectivity index (χ1) is 9.04. The van der Waals surface area contributed by atoms with Gasteiger partial charge >= 0.3 is 0 Å². The first-order valence-corrected chi connectivity index (χ1v) is 6.72. The first-order valence-electron chi connectivity index (χ1n) is 5.97. The van der Waals surface area contributed by atoms with Crippen molar-refractivity contribution in [2.24, 2.45) is 0 Å². The van der Waals surface area contributed by atoms with Gasteiger partial charge in [-0.3, -0.25) is 0 Å². The van der Waals surface area contributed by atoms with Crippen molar-refractivity contribution in [3.05, 3.63) is 51.5 Å². The van der Waals surface area contributed by atoms with E-state index in [0.29, 0.717) is 0 Å². The summed E-state index contributed by atoms with van der Waals surface area (Å²) in [6, 6.07) is 9.80. The van der Waals surface area contributed by atoms with E-state index >= 15 is 0 Å². The third-order valence-electron chi connectivity index (χ3n) is 3.21. The van der Waals surface area contributed by atoms with Gasteiger partial charge in [0.2, 0.25) is 0 Å². The Morgan fingerprint density at radius 2 is 1.68 bits per heavy atom. The molecule has 3 aromatic rings. The molecular formula is C15H12Cl2N2. The topological polar surface area (TPSA) is 28.7 Å². The molecular weight excluding hydrogens is 279 g/mol. The predicted octanol–water partition coefficient (Wildman–Crippen LogP) is 5.15. The van der Waals surface area contributed by atoms with Gasteiger partial charge < -0.3 is 4.98 Å². The van der Waals surface area contributed by atoms with E-state index < -0.39 is 0 Å². The zero-order valence-electron chi connectivity index (χ0n) is 10.6. The molecule has 0 unspecified atom stereocenters. The molecule has 96 valence electrons. The number of H-pyrrole nitrogens is 1. The quantitative estimate of drug-likeness (QED) is 0.659. The molecule has 3 rings (SSSR count). The summed E-state index contributed by atoms with van der Waals surface area (Å²) in [6.45, 7) is 3.96. The van der Waals surface area contributed by atoms with Gasteiger partial charge in [-0.15, -0.1) is 0 Å². The van der Waals surface area contributed by atoms with Crippen molar-refractivity contribution in [3.8, 4) is 11.4 Å². The summed E-state index contributed by atoms with van der Waals surface area (Å²) >= 11 is 12.3. The molecule has 0 fully saturated rings. The molecule has 2 nitrogen and oxygen atoms in total. The highest BCUT2D eigenvalue weighted by atomic mass is 35.5. The summed E-state index contributed by atoms with van der Waals surface area (Å²) in [6.07, 6.45) is 0. The molecule has 1 heterocycles. The molecule has 1 N–H and O–H groups in total. The summed E-state index contributed by atoms with van der Waals surface area (Å²) in [4.78, 5) is 7.86. The largest absolute Gasteiger partial charge is 0.338 e. The van der Waals surface area contributed by atoms with Gasteiger partial charge in [-0.1, -0.05) is 35.3 Å². The number of benzene rings is 2. The fraction of sp³-hybridized carbons (Fsp3) is 0.133. The lowest BCUT2D eigenvalue weighted by atomic mass is 10.1. The Hall–Kier alpha value is -1.51. The lowest BCUT2D eigenvalue weighted by Gasteiger charge is -2.00. The van der Waals surface area contributed by atoms with Gasteiger partial charge in [0.05, 0.1) is 11.0 Å². The number of halogens is 2. The van der Waals surface area contributed by atoms with E-state index in [4.69, 9.17) is 23.2 Å². The Balaban J connectivity index is 2.17. The van der Waals surface area contributed by atoms with Crippen LogP contribution in [0.5, 0.6) is 0 Å². The molecule has 19 heavy (non-hydrogen) atoms. The first kappa shape index (κ1) is 12.5. The summed E-state index contributed by atoms with van der Waals surface area (Å²) in [5, 5.41) is 1.47. The van der Waals surface area contributed by atoms with Crippen LogP contribution in [-0.4, -0.2) is 9.97 Å². The van der Waals surface area contributed by atoms with Crippen LogP contribution in [0.15, 0.2) is 30.3 Å². The molecule has 0 atom stereocenters. The maximum Gasteiger partial charge on any atom is 0.138 e. The number of nitrogens with zero attached hydrogens (tertiary/aromatic N) is 1. The Morgan fingerprint density at radius 1 is 0.947 bits per heavy atom. The maximum atomic E-state index is 6.15. The van der Waals surface area contributed by atoms with Gasteiger partial charge in [-0.2, -0.15) is 0 Å². The fourth-order valence-electron chi connectivity index (χ4n) is 2.02. The van der Waals surface area contributed by atoms with Crippen LogP contribution in [-0.2, 0) is 0 Å². The number of imidazole rings is 1. The fourth-order valence-corrected chi connectivity index (χ4v) is 2.35. The van der Waals surface area contributed by atoms with Crippen LogP contribution in [0, 0.1) is 13.8 Å². The van der Waals surface area contributed by atoms with Crippen LogP contribution < -0.4 is 0 Å². The highest BCUT2D eigenvalue weighted by Gasteiger charge is 2.08. The average molecular weight is 291 g/mol. The second-order valence-corrected chi connectivity index (χ2v) is 5.48. The Bertz CT molecular complexity index is 736. The molecule has 2 aromatic carbocycles. The molecule has 0 amide bonds. The number of rotatable bonds is 1. The summed E-state index contributed by atoms with van der Waals surface area (Å²) in [5.41, 5.74) is 4.91. The second-order valence-electron chi connectivity index (χ2n) is 4.67. The Labute approximate surface area is 121 Å². The lowest BCUT2D eigenvalue weighted by molar-refractivity contribution is 1.33. The molecule has 4 heteroatoms. The van der Waals surface area contributed by atoms with Gasteiger partial charge in [0, 0.05) is 15.6 Å². The van der Waals surface area contributed by atoms with Gasteiger partial charge in [-0.25, -0.2) is 4.98 Å². The van der Waals surface area contributed by atoms with Crippen LogP contribution in [0.25, 0.3) is 22.4 Å². The third kappa shape index (κ3) is 2.22. The number of nitrogens with one attached hydrogen (secondary N) is 1. The van der Waals surface area contributed by atoms with Crippen LogP contribution >= 0.6 is 23.2 Å². The minimum absolute atomic E-state index is 0.729. The number of aromatic amines is 1. The summed E-state index contributed by atoms with van der Waals surface area (Å²) < 4.78 is 0. The normalized spacial score (nSPS) is 11.2. The molecule has 0 spiro atoms. The van der Waals surface area contributed by atoms with Crippen LogP contribution in [0.4, 0.5) is 0 Å². The van der Waals surface area contributed by atoms with E-state index in [1.807, 2.05) is 44.2 Å². The smallest absolute Gasteiger partial charge is 0.138 e. The van der Waals surface area contributed by atoms with E-state index in [1.54, 1.807) is 0 Å². The molecule has 0 bridgehead atoms. The number of hydrogen-bond donors (Lipinski definition) is 1. The van der Waals surface area contributed by atoms with Crippen molar-refractivity contribution >= 4 is 34.2 Å². The van der Waals surface area contributed by atoms with E-state index in [2.05, 4.69) is 9.97 Å². The van der Waals surface area contributed by atoms with Crippen LogP contribution in [0.2, 0.25) is 10.0 Å². The molecule has 0 aliphatic heterocycles. The zero-order valence-corrected chi connectivity index (χ0v) is 12.1. The minimum Gasteiger partial charge on any atom is -0.338 e. The Kier molecular flexibility index (Phi) is 3.00. The van der Waals surface area contributed by atoms with Crippen LogP contribution in [0.1, 0.15) is 11.1 Å². The zero-order chi connectivity index (χ0) is 13.6. The van der Waals surface area contributed by atoms with Gasteiger partial charge in [0.1, 0.15) is 5.82 Å². The van der Waals surface area contributed by atoms with Gasteiger partial charge in [-0.05, 0) is 43.2 Å². The van der Waals surface area contributed by atoms with Crippen molar-refractivity contribution in [1.82, 2.24) is 9.97 Å². The van der Waals surface area contributed by atoms with E-state index in [-0.39, 0.29) is 0 Å². The van der Waals surface area contributed by atoms with Crippen LogP contribution in [0.3, 0.4) is 0 Å². The minimum atomic E-state index is 0.729. The predicted molar refractivity (Wildman–Crippen MR) is 81.0 cm³/mol. The van der Waals surface area contributed by atoms with E-state index in [0.717, 1.165) is 43.6 Å². The SMILES string of the molecule is Cc1ccc(-c2nc3cc(Cl)c(C)cc3[nH]2)cc1Cl. The number of fused-ring (bicyclic) bond motifs is 1. The number of aromatic nitrogens is 2. The molecule has 0 aliphatic rings. The summed E-state index contributed by atoms with van der Waals surface area (Å²) in [5.74, 6) is 0.804. The van der Waals surface area contributed by atoms with Crippen molar-refractivity contribution < 1.29 is 0 Å². The monoisotopic (exact) mass is 290 g/mol. The Morgan fingerprint density at radius 3 is 2.42 bits per heavy atom. The standard InChI is InChI=1S/C15H12Cl2N2/c1-8-3-4-10(6-11(8)16)15-18-13-5-9(2)12(17)7-14(13)19-15/h3-7H,1-2H3,(H,18,19). The van der Waals surface area contributed by atoms with Crippen molar-refractivity contribution in [3.63, 3.8) is 0 Å².